The third-order valence-corrected chi connectivity index (χ3v) is 10.7. The maximum atomic E-state index is 13.9. The van der Waals surface area contributed by atoms with E-state index in [0.29, 0.717) is 43.5 Å². The Morgan fingerprint density at radius 3 is 1.77 bits per heavy atom. The largest absolute Gasteiger partial charge is 0.481 e. The molecule has 0 aliphatic heterocycles. The zero-order valence-corrected chi connectivity index (χ0v) is 36.9. The number of carbonyl (C=O) groups excluding carboxylic acids is 6. The number of hydrogen-bond acceptors (Lipinski definition) is 12. The van der Waals surface area contributed by atoms with Crippen molar-refractivity contribution in [2.45, 2.75) is 128 Å². The number of carboxylic acid groups (broad SMARTS) is 2. The number of rotatable bonds is 30. The Bertz CT molecular complexity index is 1560. The quantitative estimate of drug-likeness (QED) is 0.0367. The number of aliphatic carboxylic acids is 2. The second kappa shape index (κ2) is 29.0. The first-order chi connectivity index (χ1) is 28.4. The highest BCUT2D eigenvalue weighted by Crippen LogP contribution is 2.13. The van der Waals surface area contributed by atoms with Gasteiger partial charge in [0, 0.05) is 18.6 Å². The van der Waals surface area contributed by atoms with E-state index in [9.17, 15) is 48.6 Å². The van der Waals surface area contributed by atoms with Gasteiger partial charge >= 0.3 is 11.9 Å². The Morgan fingerprint density at radius 1 is 0.700 bits per heavy atom. The number of hydrogen-bond donors (Lipinski definition) is 11. The summed E-state index contributed by atoms with van der Waals surface area (Å²) in [5.74, 6) is -7.19. The second-order valence-corrected chi connectivity index (χ2v) is 16.5. The van der Waals surface area contributed by atoms with E-state index in [2.05, 4.69) is 44.5 Å². The molecule has 1 aromatic rings. The fourth-order valence-electron chi connectivity index (χ4n) is 5.93. The van der Waals surface area contributed by atoms with Crippen LogP contribution in [0.1, 0.15) is 84.6 Å². The minimum Gasteiger partial charge on any atom is -0.481 e. The van der Waals surface area contributed by atoms with Crippen LogP contribution in [0.25, 0.3) is 0 Å². The third kappa shape index (κ3) is 20.2. The van der Waals surface area contributed by atoms with Crippen molar-refractivity contribution in [3.63, 3.8) is 0 Å². The molecule has 6 amide bonds. The summed E-state index contributed by atoms with van der Waals surface area (Å²) in [4.78, 5) is 105. The van der Waals surface area contributed by atoms with Crippen molar-refractivity contribution in [3.05, 3.63) is 35.9 Å². The van der Waals surface area contributed by atoms with Gasteiger partial charge in [-0.3, -0.25) is 33.6 Å². The lowest BCUT2D eigenvalue weighted by atomic mass is 9.96. The molecular formula is C40H66N8O10S2. The first kappa shape index (κ1) is 53.6. The van der Waals surface area contributed by atoms with Crippen LogP contribution in [0.3, 0.4) is 0 Å². The summed E-state index contributed by atoms with van der Waals surface area (Å²) < 4.78 is 0. The number of carbonyl (C=O) groups is 8. The average Bonchev–Trinajstić information content (AvgIpc) is 3.20. The molecule has 0 aromatic heterocycles. The minimum absolute atomic E-state index is 0.0747. The van der Waals surface area contributed by atoms with E-state index in [1.54, 1.807) is 58.0 Å². The number of amides is 6. The standard InChI is InChI=1S/C40H66N8O10S2/c1-6-24(4)33(48-38(55)31(22-59)47-35(52)27(14-10-11-18-41)43-34(51)26(42)17-19-60-5)39(56)45-29(20-23(2)3)37(54)44-28(15-16-32(49)50)36(53)46-30(40(57)58)21-25-12-8-7-9-13-25/h7-9,12-13,23-24,26-31,33,59H,6,10-11,14-22,41-42H2,1-5H3,(H,43,51)(H,44,54)(H,45,56)(H,46,53)(H,47,52)(H,48,55)(H,49,50)(H,57,58)/t24-,26-,27-,28-,29-,30-,31-,33-/m0/s1. The summed E-state index contributed by atoms with van der Waals surface area (Å²) in [7, 11) is 0. The van der Waals surface area contributed by atoms with Crippen LogP contribution in [-0.4, -0.2) is 124 Å². The van der Waals surface area contributed by atoms with Crippen molar-refractivity contribution in [2.75, 3.05) is 24.3 Å². The Hall–Kier alpha value is -4.40. The molecule has 0 unspecified atom stereocenters. The molecule has 0 radical (unpaired) electrons. The van der Waals surface area contributed by atoms with Crippen molar-refractivity contribution in [1.82, 2.24) is 31.9 Å². The van der Waals surface area contributed by atoms with Crippen molar-refractivity contribution < 1.29 is 48.6 Å². The molecule has 0 aliphatic carbocycles. The van der Waals surface area contributed by atoms with E-state index in [1.165, 1.54) is 11.8 Å². The lowest BCUT2D eigenvalue weighted by Gasteiger charge is -2.30. The fourth-order valence-corrected chi connectivity index (χ4v) is 6.68. The summed E-state index contributed by atoms with van der Waals surface area (Å²) in [6.07, 6.45) is 3.11. The van der Waals surface area contributed by atoms with Gasteiger partial charge in [-0.1, -0.05) is 64.4 Å². The maximum Gasteiger partial charge on any atom is 0.326 e. The molecule has 8 atom stereocenters. The van der Waals surface area contributed by atoms with Crippen LogP contribution in [0.5, 0.6) is 0 Å². The lowest BCUT2D eigenvalue weighted by molar-refractivity contribution is -0.143. The second-order valence-electron chi connectivity index (χ2n) is 15.1. The minimum atomic E-state index is -1.47. The van der Waals surface area contributed by atoms with Crippen LogP contribution in [0, 0.1) is 11.8 Å². The first-order valence-corrected chi connectivity index (χ1v) is 22.3. The molecule has 0 saturated carbocycles. The van der Waals surface area contributed by atoms with Gasteiger partial charge in [-0.2, -0.15) is 24.4 Å². The maximum absolute atomic E-state index is 13.9. The van der Waals surface area contributed by atoms with Crippen molar-refractivity contribution in [3.8, 4) is 0 Å². The van der Waals surface area contributed by atoms with Crippen molar-refractivity contribution in [2.24, 2.45) is 23.3 Å². The molecular weight excluding hydrogens is 817 g/mol. The number of thioether (sulfide) groups is 1. The van der Waals surface area contributed by atoms with E-state index >= 15 is 0 Å². The van der Waals surface area contributed by atoms with Crippen LogP contribution >= 0.6 is 24.4 Å². The molecule has 60 heavy (non-hydrogen) atoms. The normalized spacial score (nSPS) is 15.2. The Balaban J connectivity index is 3.26. The molecule has 0 heterocycles. The number of nitrogens with one attached hydrogen (secondary N) is 6. The molecule has 0 bridgehead atoms. The first-order valence-electron chi connectivity index (χ1n) is 20.2. The molecule has 12 N–H and O–H groups in total. The van der Waals surface area contributed by atoms with Crippen LogP contribution in [0.15, 0.2) is 30.3 Å². The highest BCUT2D eigenvalue weighted by molar-refractivity contribution is 7.98. The van der Waals surface area contributed by atoms with E-state index in [-0.39, 0.29) is 37.4 Å². The summed E-state index contributed by atoms with van der Waals surface area (Å²) in [5, 5.41) is 34.8. The summed E-state index contributed by atoms with van der Waals surface area (Å²) in [6.45, 7) is 7.46. The Labute approximate surface area is 362 Å². The molecule has 20 heteroatoms. The Morgan fingerprint density at radius 2 is 1.23 bits per heavy atom. The molecule has 0 spiro atoms. The molecule has 0 aliphatic rings. The predicted molar refractivity (Wildman–Crippen MR) is 233 cm³/mol. The van der Waals surface area contributed by atoms with Crippen molar-refractivity contribution in [1.29, 1.82) is 0 Å². The summed E-state index contributed by atoms with van der Waals surface area (Å²) in [6, 6.07) is 0.0905. The highest BCUT2D eigenvalue weighted by Gasteiger charge is 2.35. The number of unbranched alkanes of at least 4 members (excludes halogenated alkanes) is 1. The zero-order valence-electron chi connectivity index (χ0n) is 35.2. The topological polar surface area (TPSA) is 301 Å². The van der Waals surface area contributed by atoms with Gasteiger partial charge < -0.3 is 53.6 Å². The van der Waals surface area contributed by atoms with E-state index in [0.717, 1.165) is 0 Å². The van der Waals surface area contributed by atoms with Gasteiger partial charge in [-0.05, 0) is 74.5 Å². The number of thiol groups is 1. The number of carboxylic acids is 2. The lowest BCUT2D eigenvalue weighted by Crippen LogP contribution is -2.61. The zero-order chi connectivity index (χ0) is 45.4. The van der Waals surface area contributed by atoms with E-state index in [4.69, 9.17) is 11.5 Å². The summed E-state index contributed by atoms with van der Waals surface area (Å²) in [5.41, 5.74) is 12.3. The number of nitrogens with two attached hydrogens (primary N) is 2. The van der Waals surface area contributed by atoms with Gasteiger partial charge in [0.25, 0.3) is 0 Å². The average molecular weight is 883 g/mol. The molecule has 1 aromatic carbocycles. The highest BCUT2D eigenvalue weighted by atomic mass is 32.2. The monoisotopic (exact) mass is 882 g/mol. The van der Waals surface area contributed by atoms with Gasteiger partial charge in [-0.15, -0.1) is 0 Å². The van der Waals surface area contributed by atoms with Crippen LogP contribution in [0.2, 0.25) is 0 Å². The molecule has 0 saturated heterocycles. The predicted octanol–water partition coefficient (Wildman–Crippen LogP) is 0.319. The Kier molecular flexibility index (Phi) is 25.9. The van der Waals surface area contributed by atoms with E-state index in [1.807, 2.05) is 6.26 Å². The molecule has 0 fully saturated rings. The molecule has 18 nitrogen and oxygen atoms in total. The van der Waals surface area contributed by atoms with E-state index < -0.39 is 102 Å². The number of benzene rings is 1. The van der Waals surface area contributed by atoms with Crippen LogP contribution in [0.4, 0.5) is 0 Å². The van der Waals surface area contributed by atoms with Gasteiger partial charge in [0.15, 0.2) is 0 Å². The van der Waals surface area contributed by atoms with Crippen LogP contribution < -0.4 is 43.4 Å². The third-order valence-electron chi connectivity index (χ3n) is 9.68. The molecule has 1 rings (SSSR count). The fraction of sp³-hybridized carbons (Fsp3) is 0.650. The van der Waals surface area contributed by atoms with Gasteiger partial charge in [0.2, 0.25) is 35.4 Å². The summed E-state index contributed by atoms with van der Waals surface area (Å²) >= 11 is 5.80. The SMILES string of the molecule is CC[C@H](C)[C@H](NC(=O)[C@H](CS)NC(=O)[C@H](CCCCN)NC(=O)[C@@H](N)CCSC)C(=O)N[C@@H](CC(C)C)C(=O)N[C@@H](CCC(=O)O)C(=O)N[C@@H](Cc1ccccc1)C(=O)O. The molecule has 338 valence electrons. The van der Waals surface area contributed by atoms with Gasteiger partial charge in [-0.25, -0.2) is 4.79 Å². The van der Waals surface area contributed by atoms with Crippen LogP contribution in [-0.2, 0) is 44.8 Å². The van der Waals surface area contributed by atoms with Crippen molar-refractivity contribution >= 4 is 71.8 Å². The van der Waals surface area contributed by atoms with Gasteiger partial charge in [0.05, 0.1) is 6.04 Å². The van der Waals surface area contributed by atoms with Gasteiger partial charge in [0.1, 0.15) is 36.3 Å². The smallest absolute Gasteiger partial charge is 0.326 e.